The summed E-state index contributed by atoms with van der Waals surface area (Å²) in [5, 5.41) is 7.14. The van der Waals surface area contributed by atoms with Gasteiger partial charge in [-0.2, -0.15) is 0 Å². The molecule has 5 heteroatoms. The summed E-state index contributed by atoms with van der Waals surface area (Å²) in [6.07, 6.45) is 4.86. The van der Waals surface area contributed by atoms with Gasteiger partial charge in [-0.1, -0.05) is 18.9 Å². The quantitative estimate of drug-likeness (QED) is 0.659. The first kappa shape index (κ1) is 15.8. The highest BCUT2D eigenvalue weighted by Crippen LogP contribution is 2.21. The zero-order valence-corrected chi connectivity index (χ0v) is 13.4. The number of carbonyl (C=O) groups is 1. The summed E-state index contributed by atoms with van der Waals surface area (Å²) in [5.74, 6) is -0.298. The van der Waals surface area contributed by atoms with Crippen molar-refractivity contribution in [3.63, 3.8) is 0 Å². The zero-order valence-electron chi connectivity index (χ0n) is 12.6. The molecule has 4 nitrogen and oxygen atoms in total. The van der Waals surface area contributed by atoms with Crippen LogP contribution in [0.15, 0.2) is 18.2 Å². The maximum absolute atomic E-state index is 11.9. The molecule has 0 heterocycles. The molecule has 1 aromatic rings. The third-order valence-corrected chi connectivity index (χ3v) is 3.99. The molecular weight excluding hydrogens is 284 g/mol. The molecule has 0 unspecified atom stereocenters. The summed E-state index contributed by atoms with van der Waals surface area (Å²) in [6.45, 7) is 4.07. The van der Waals surface area contributed by atoms with Crippen LogP contribution >= 0.6 is 12.2 Å². The number of ether oxygens (including phenoxy) is 1. The van der Waals surface area contributed by atoms with Gasteiger partial charge in [0.05, 0.1) is 12.2 Å². The molecule has 2 rings (SSSR count). The Morgan fingerprint density at radius 1 is 1.38 bits per heavy atom. The number of benzene rings is 1. The van der Waals surface area contributed by atoms with Gasteiger partial charge in [0.1, 0.15) is 0 Å². The summed E-state index contributed by atoms with van der Waals surface area (Å²) in [5.41, 5.74) is 2.27. The molecule has 21 heavy (non-hydrogen) atoms. The normalized spacial score (nSPS) is 14.8. The smallest absolute Gasteiger partial charge is 0.338 e. The molecule has 0 aromatic heterocycles. The van der Waals surface area contributed by atoms with Gasteiger partial charge in [-0.15, -0.1) is 0 Å². The third kappa shape index (κ3) is 4.17. The van der Waals surface area contributed by atoms with E-state index in [0.29, 0.717) is 23.3 Å². The molecule has 1 aliphatic rings. The van der Waals surface area contributed by atoms with Gasteiger partial charge in [0, 0.05) is 11.7 Å². The SMILES string of the molecule is CCOC(=O)c1cccc(NC(=S)NC2CCCC2)c1C. The molecule has 0 spiro atoms. The number of hydrogen-bond acceptors (Lipinski definition) is 3. The molecule has 1 fully saturated rings. The first-order valence-electron chi connectivity index (χ1n) is 7.46. The molecule has 0 atom stereocenters. The second kappa shape index (κ2) is 7.41. The lowest BCUT2D eigenvalue weighted by Gasteiger charge is -2.17. The largest absolute Gasteiger partial charge is 0.462 e. The Kier molecular flexibility index (Phi) is 5.56. The lowest BCUT2D eigenvalue weighted by molar-refractivity contribution is 0.0525. The third-order valence-electron chi connectivity index (χ3n) is 3.77. The van der Waals surface area contributed by atoms with Crippen LogP contribution in [0.4, 0.5) is 5.69 Å². The van der Waals surface area contributed by atoms with Crippen molar-refractivity contribution in [1.82, 2.24) is 5.32 Å². The van der Waals surface area contributed by atoms with Gasteiger partial charge >= 0.3 is 5.97 Å². The van der Waals surface area contributed by atoms with Crippen LogP contribution in [-0.2, 0) is 4.74 Å². The number of carbonyl (C=O) groups excluding carboxylic acids is 1. The van der Waals surface area contributed by atoms with Gasteiger partial charge in [0.15, 0.2) is 5.11 Å². The van der Waals surface area contributed by atoms with Crippen LogP contribution in [0.25, 0.3) is 0 Å². The van der Waals surface area contributed by atoms with Crippen LogP contribution in [0, 0.1) is 6.92 Å². The molecule has 0 saturated heterocycles. The van der Waals surface area contributed by atoms with Crippen LogP contribution in [0.1, 0.15) is 48.5 Å². The number of thiocarbonyl (C=S) groups is 1. The van der Waals surface area contributed by atoms with Crippen molar-refractivity contribution in [3.8, 4) is 0 Å². The number of rotatable bonds is 4. The Balaban J connectivity index is 2.04. The van der Waals surface area contributed by atoms with Gasteiger partial charge in [0.25, 0.3) is 0 Å². The molecule has 0 amide bonds. The monoisotopic (exact) mass is 306 g/mol. The Morgan fingerprint density at radius 3 is 2.76 bits per heavy atom. The molecule has 114 valence electrons. The maximum atomic E-state index is 11.9. The minimum atomic E-state index is -0.298. The first-order chi connectivity index (χ1) is 10.1. The van der Waals surface area contributed by atoms with Crippen molar-refractivity contribution in [2.75, 3.05) is 11.9 Å². The van der Waals surface area contributed by atoms with Crippen LogP contribution in [0.3, 0.4) is 0 Å². The number of nitrogens with one attached hydrogen (secondary N) is 2. The Morgan fingerprint density at radius 2 is 2.10 bits per heavy atom. The topological polar surface area (TPSA) is 50.4 Å². The average molecular weight is 306 g/mol. The number of esters is 1. The predicted octanol–water partition coefficient (Wildman–Crippen LogP) is 3.40. The fourth-order valence-corrected chi connectivity index (χ4v) is 2.89. The molecule has 2 N–H and O–H groups in total. The van der Waals surface area contributed by atoms with Gasteiger partial charge < -0.3 is 15.4 Å². The van der Waals surface area contributed by atoms with Crippen LogP contribution in [0.2, 0.25) is 0 Å². The van der Waals surface area contributed by atoms with E-state index in [4.69, 9.17) is 17.0 Å². The highest BCUT2D eigenvalue weighted by molar-refractivity contribution is 7.80. The van der Waals surface area contributed by atoms with E-state index in [0.717, 1.165) is 11.3 Å². The van der Waals surface area contributed by atoms with Crippen molar-refractivity contribution in [2.24, 2.45) is 0 Å². The van der Waals surface area contributed by atoms with Crippen LogP contribution < -0.4 is 10.6 Å². The fraction of sp³-hybridized carbons (Fsp3) is 0.500. The minimum Gasteiger partial charge on any atom is -0.462 e. The van der Waals surface area contributed by atoms with E-state index in [1.165, 1.54) is 25.7 Å². The van der Waals surface area contributed by atoms with E-state index >= 15 is 0 Å². The molecule has 0 aliphatic heterocycles. The van der Waals surface area contributed by atoms with Crippen molar-refractivity contribution in [2.45, 2.75) is 45.6 Å². The summed E-state index contributed by atoms with van der Waals surface area (Å²) in [4.78, 5) is 11.9. The molecule has 1 saturated carbocycles. The Hall–Kier alpha value is -1.62. The molecule has 1 aliphatic carbocycles. The van der Waals surface area contributed by atoms with Crippen molar-refractivity contribution in [3.05, 3.63) is 29.3 Å². The standard InChI is InChI=1S/C16H22N2O2S/c1-3-20-15(19)13-9-6-10-14(11(13)2)18-16(21)17-12-7-4-5-8-12/h6,9-10,12H,3-5,7-8H2,1-2H3,(H2,17,18,21). The van der Waals surface area contributed by atoms with E-state index in [2.05, 4.69) is 10.6 Å². The summed E-state index contributed by atoms with van der Waals surface area (Å²) in [6, 6.07) is 5.99. The van der Waals surface area contributed by atoms with E-state index < -0.39 is 0 Å². The molecule has 0 bridgehead atoms. The minimum absolute atomic E-state index is 0.298. The predicted molar refractivity (Wildman–Crippen MR) is 88.7 cm³/mol. The molecule has 0 radical (unpaired) electrons. The van der Waals surface area contributed by atoms with E-state index in [9.17, 15) is 4.79 Å². The van der Waals surface area contributed by atoms with Crippen molar-refractivity contribution in [1.29, 1.82) is 0 Å². The second-order valence-corrected chi connectivity index (χ2v) is 5.69. The first-order valence-corrected chi connectivity index (χ1v) is 7.87. The highest BCUT2D eigenvalue weighted by Gasteiger charge is 2.17. The summed E-state index contributed by atoms with van der Waals surface area (Å²) in [7, 11) is 0. The molecule has 1 aromatic carbocycles. The van der Waals surface area contributed by atoms with E-state index in [-0.39, 0.29) is 5.97 Å². The van der Waals surface area contributed by atoms with Crippen molar-refractivity contribution >= 4 is 29.0 Å². The van der Waals surface area contributed by atoms with E-state index in [1.54, 1.807) is 13.0 Å². The zero-order chi connectivity index (χ0) is 15.2. The Labute approximate surface area is 131 Å². The fourth-order valence-electron chi connectivity index (χ4n) is 2.61. The van der Waals surface area contributed by atoms with Crippen LogP contribution in [-0.4, -0.2) is 23.7 Å². The van der Waals surface area contributed by atoms with Gasteiger partial charge in [0.2, 0.25) is 0 Å². The van der Waals surface area contributed by atoms with Gasteiger partial charge in [-0.25, -0.2) is 4.79 Å². The maximum Gasteiger partial charge on any atom is 0.338 e. The lowest BCUT2D eigenvalue weighted by atomic mass is 10.1. The number of anilines is 1. The average Bonchev–Trinajstić information content (AvgIpc) is 2.94. The van der Waals surface area contributed by atoms with Gasteiger partial charge in [-0.3, -0.25) is 0 Å². The van der Waals surface area contributed by atoms with Gasteiger partial charge in [-0.05, 0) is 56.6 Å². The van der Waals surface area contributed by atoms with E-state index in [1.807, 2.05) is 19.1 Å². The Bertz CT molecular complexity index is 525. The second-order valence-electron chi connectivity index (χ2n) is 5.28. The number of hydrogen-bond donors (Lipinski definition) is 2. The molecular formula is C16H22N2O2S. The van der Waals surface area contributed by atoms with Crippen molar-refractivity contribution < 1.29 is 9.53 Å². The van der Waals surface area contributed by atoms with Crippen LogP contribution in [0.5, 0.6) is 0 Å². The highest BCUT2D eigenvalue weighted by atomic mass is 32.1. The summed E-state index contributed by atoms with van der Waals surface area (Å²) < 4.78 is 5.06. The lowest BCUT2D eigenvalue weighted by Crippen LogP contribution is -2.36. The summed E-state index contributed by atoms with van der Waals surface area (Å²) >= 11 is 5.35.